The van der Waals surface area contributed by atoms with Crippen LogP contribution in [0.25, 0.3) is 10.8 Å². The zero-order valence-corrected chi connectivity index (χ0v) is 11.5. The summed E-state index contributed by atoms with van der Waals surface area (Å²) >= 11 is 0. The normalized spacial score (nSPS) is 23.6. The maximum atomic E-state index is 12.2. The Bertz CT molecular complexity index is 578. The van der Waals surface area contributed by atoms with Crippen LogP contribution in [0.1, 0.15) is 31.7 Å². The molecule has 19 heavy (non-hydrogen) atoms. The van der Waals surface area contributed by atoms with Crippen molar-refractivity contribution in [3.05, 3.63) is 42.0 Å². The average Bonchev–Trinajstić information content (AvgIpc) is 2.44. The molecule has 0 bridgehead atoms. The first kappa shape index (κ1) is 12.5. The standard InChI is InChI=1S/C17H21NO/c1-13-6-4-5-11-18(13)12-16-15-8-3-2-7-14(15)9-10-17(16)19/h2-3,7-10,13,19H,4-6,11-12H2,1H3. The van der Waals surface area contributed by atoms with Gasteiger partial charge in [-0.15, -0.1) is 0 Å². The van der Waals surface area contributed by atoms with Crippen molar-refractivity contribution in [2.24, 2.45) is 0 Å². The van der Waals surface area contributed by atoms with Gasteiger partial charge in [0.1, 0.15) is 6.54 Å². The van der Waals surface area contributed by atoms with Gasteiger partial charge < -0.3 is 10.0 Å². The van der Waals surface area contributed by atoms with Crippen LogP contribution in [0.3, 0.4) is 0 Å². The first-order chi connectivity index (χ1) is 9.25. The molecule has 0 saturated carbocycles. The lowest BCUT2D eigenvalue weighted by atomic mass is 9.99. The van der Waals surface area contributed by atoms with Crippen molar-refractivity contribution in [3.8, 4) is 5.75 Å². The summed E-state index contributed by atoms with van der Waals surface area (Å²) < 4.78 is 0. The Hall–Kier alpha value is -1.54. The molecule has 1 fully saturated rings. The first-order valence-electron chi connectivity index (χ1n) is 7.28. The average molecular weight is 255 g/mol. The molecule has 1 N–H and O–H groups in total. The molecular formula is C17H21NO. The molecule has 0 aromatic heterocycles. The van der Waals surface area contributed by atoms with Crippen LogP contribution in [0.5, 0.6) is 5.75 Å². The Morgan fingerprint density at radius 2 is 2.00 bits per heavy atom. The van der Waals surface area contributed by atoms with Gasteiger partial charge in [-0.1, -0.05) is 42.1 Å². The van der Waals surface area contributed by atoms with Gasteiger partial charge in [-0.25, -0.2) is 0 Å². The number of quaternary nitrogens is 1. The molecule has 1 aliphatic rings. The second-order valence-electron chi connectivity index (χ2n) is 5.75. The summed E-state index contributed by atoms with van der Waals surface area (Å²) in [6, 6.07) is 12.6. The van der Waals surface area contributed by atoms with E-state index in [1.165, 1.54) is 31.2 Å². The van der Waals surface area contributed by atoms with Crippen LogP contribution in [0.4, 0.5) is 0 Å². The maximum Gasteiger partial charge on any atom is 0.103 e. The molecule has 0 radical (unpaired) electrons. The molecule has 0 spiro atoms. The number of piperidine rings is 1. The Labute approximate surface area is 114 Å². The summed E-state index contributed by atoms with van der Waals surface area (Å²) in [7, 11) is 0. The fourth-order valence-corrected chi connectivity index (χ4v) is 3.24. The smallest absolute Gasteiger partial charge is 0.103 e. The number of nitrogens with one attached hydrogen (secondary N) is 1. The molecule has 2 aromatic carbocycles. The Balaban J connectivity index is 1.97. The zero-order chi connectivity index (χ0) is 13.2. The van der Waals surface area contributed by atoms with Gasteiger partial charge in [0, 0.05) is 5.56 Å². The largest absolute Gasteiger partial charge is 0.872 e. The van der Waals surface area contributed by atoms with Crippen LogP contribution in [0, 0.1) is 0 Å². The van der Waals surface area contributed by atoms with E-state index >= 15 is 0 Å². The van der Waals surface area contributed by atoms with Crippen molar-refractivity contribution >= 4 is 10.8 Å². The number of rotatable bonds is 2. The van der Waals surface area contributed by atoms with E-state index < -0.39 is 0 Å². The summed E-state index contributed by atoms with van der Waals surface area (Å²) in [6.45, 7) is 4.38. The molecule has 1 aliphatic heterocycles. The molecule has 1 heterocycles. The number of likely N-dealkylation sites (tertiary alicyclic amines) is 1. The molecule has 2 unspecified atom stereocenters. The minimum absolute atomic E-state index is 0.198. The van der Waals surface area contributed by atoms with Gasteiger partial charge in [0.15, 0.2) is 0 Å². The summed E-state index contributed by atoms with van der Waals surface area (Å²) in [5.74, 6) is 0.198. The van der Waals surface area contributed by atoms with E-state index in [0.29, 0.717) is 6.04 Å². The van der Waals surface area contributed by atoms with Gasteiger partial charge in [-0.3, -0.25) is 0 Å². The highest BCUT2D eigenvalue weighted by Crippen LogP contribution is 2.24. The second kappa shape index (κ2) is 5.22. The number of hydrogen-bond donors (Lipinski definition) is 1. The van der Waals surface area contributed by atoms with Gasteiger partial charge in [0.2, 0.25) is 0 Å². The van der Waals surface area contributed by atoms with Gasteiger partial charge in [-0.05, 0) is 37.0 Å². The lowest BCUT2D eigenvalue weighted by Crippen LogP contribution is -3.14. The third kappa shape index (κ3) is 2.45. The Morgan fingerprint density at radius 3 is 2.84 bits per heavy atom. The maximum absolute atomic E-state index is 12.2. The summed E-state index contributed by atoms with van der Waals surface area (Å²) in [5, 5.41) is 14.5. The Morgan fingerprint density at radius 1 is 1.16 bits per heavy atom. The molecule has 2 nitrogen and oxygen atoms in total. The van der Waals surface area contributed by atoms with Crippen LogP contribution >= 0.6 is 0 Å². The van der Waals surface area contributed by atoms with Gasteiger partial charge in [0.25, 0.3) is 0 Å². The summed E-state index contributed by atoms with van der Waals surface area (Å²) in [4.78, 5) is 1.57. The van der Waals surface area contributed by atoms with Gasteiger partial charge >= 0.3 is 0 Å². The van der Waals surface area contributed by atoms with Crippen molar-refractivity contribution in [2.75, 3.05) is 6.54 Å². The van der Waals surface area contributed by atoms with Crippen LogP contribution in [-0.2, 0) is 6.54 Å². The third-order valence-corrected chi connectivity index (χ3v) is 4.48. The summed E-state index contributed by atoms with van der Waals surface area (Å²) in [6.07, 6.45) is 3.91. The van der Waals surface area contributed by atoms with Crippen molar-refractivity contribution in [1.29, 1.82) is 0 Å². The number of hydrogen-bond acceptors (Lipinski definition) is 1. The number of fused-ring (bicyclic) bond motifs is 1. The van der Waals surface area contributed by atoms with E-state index in [1.807, 2.05) is 18.2 Å². The monoisotopic (exact) mass is 255 g/mol. The minimum Gasteiger partial charge on any atom is -0.872 e. The van der Waals surface area contributed by atoms with Gasteiger partial charge in [0.05, 0.1) is 12.6 Å². The lowest BCUT2D eigenvalue weighted by molar-refractivity contribution is -0.941. The van der Waals surface area contributed by atoms with Crippen LogP contribution < -0.4 is 10.0 Å². The zero-order valence-electron chi connectivity index (χ0n) is 11.5. The molecule has 100 valence electrons. The second-order valence-corrected chi connectivity index (χ2v) is 5.75. The predicted molar refractivity (Wildman–Crippen MR) is 76.2 cm³/mol. The lowest BCUT2D eigenvalue weighted by Gasteiger charge is -2.31. The predicted octanol–water partition coefficient (Wildman–Crippen LogP) is 1.87. The van der Waals surface area contributed by atoms with E-state index in [4.69, 9.17) is 0 Å². The molecule has 2 heteroatoms. The van der Waals surface area contributed by atoms with Crippen LogP contribution in [0.15, 0.2) is 36.4 Å². The minimum atomic E-state index is 0.198. The molecule has 0 amide bonds. The highest BCUT2D eigenvalue weighted by molar-refractivity contribution is 5.87. The SMILES string of the molecule is CC1CCCC[NH+]1Cc1c([O-])ccc2ccccc12. The quantitative estimate of drug-likeness (QED) is 0.871. The Kier molecular flexibility index (Phi) is 3.43. The van der Waals surface area contributed by atoms with Crippen LogP contribution in [-0.4, -0.2) is 12.6 Å². The number of benzene rings is 2. The molecule has 0 aliphatic carbocycles. The van der Waals surface area contributed by atoms with Crippen molar-refractivity contribution in [1.82, 2.24) is 0 Å². The van der Waals surface area contributed by atoms with E-state index in [0.717, 1.165) is 17.5 Å². The fraction of sp³-hybridized carbons (Fsp3) is 0.412. The summed E-state index contributed by atoms with van der Waals surface area (Å²) in [5.41, 5.74) is 1.00. The van der Waals surface area contributed by atoms with E-state index in [9.17, 15) is 5.11 Å². The molecule has 2 aromatic rings. The van der Waals surface area contributed by atoms with E-state index in [1.54, 1.807) is 11.0 Å². The molecular weight excluding hydrogens is 234 g/mol. The highest BCUT2D eigenvalue weighted by Gasteiger charge is 2.22. The van der Waals surface area contributed by atoms with Crippen molar-refractivity contribution in [3.63, 3.8) is 0 Å². The van der Waals surface area contributed by atoms with E-state index in [2.05, 4.69) is 19.1 Å². The van der Waals surface area contributed by atoms with Crippen LogP contribution in [0.2, 0.25) is 0 Å². The third-order valence-electron chi connectivity index (χ3n) is 4.48. The molecule has 3 rings (SSSR count). The molecule has 2 atom stereocenters. The first-order valence-corrected chi connectivity index (χ1v) is 7.28. The topological polar surface area (TPSA) is 27.5 Å². The molecule has 1 saturated heterocycles. The van der Waals surface area contributed by atoms with Crippen molar-refractivity contribution < 1.29 is 10.0 Å². The highest BCUT2D eigenvalue weighted by atomic mass is 16.3. The van der Waals surface area contributed by atoms with Crippen molar-refractivity contribution in [2.45, 2.75) is 38.8 Å². The van der Waals surface area contributed by atoms with E-state index in [-0.39, 0.29) is 5.75 Å². The fourth-order valence-electron chi connectivity index (χ4n) is 3.24. The van der Waals surface area contributed by atoms with Gasteiger partial charge in [-0.2, -0.15) is 0 Å².